The molecule has 1 amide bonds. The van der Waals surface area contributed by atoms with Crippen molar-refractivity contribution in [2.75, 3.05) is 54.2 Å². The van der Waals surface area contributed by atoms with Gasteiger partial charge in [-0.15, -0.1) is 0 Å². The number of nitrogens with zero attached hydrogens (tertiary/aromatic N) is 4. The second-order valence-corrected chi connectivity index (χ2v) is 8.68. The summed E-state index contributed by atoms with van der Waals surface area (Å²) >= 11 is 1.42. The molecule has 0 bridgehead atoms. The minimum Gasteiger partial charge on any atom is -0.495 e. The van der Waals surface area contributed by atoms with Gasteiger partial charge in [-0.3, -0.25) is 4.79 Å². The van der Waals surface area contributed by atoms with Gasteiger partial charge in [-0.2, -0.15) is 0 Å². The Labute approximate surface area is 199 Å². The number of ether oxygens (including phenoxy) is 1. The zero-order valence-electron chi connectivity index (χ0n) is 19.0. The molecule has 3 aromatic rings. The first-order chi connectivity index (χ1) is 16.2. The Morgan fingerprint density at radius 1 is 1.00 bits per heavy atom. The molecule has 8 heteroatoms. The number of hydrogen-bond acceptors (Lipinski definition) is 7. The number of amides is 1. The van der Waals surface area contributed by atoms with E-state index in [1.807, 2.05) is 42.5 Å². The van der Waals surface area contributed by atoms with Crippen molar-refractivity contribution in [1.82, 2.24) is 9.97 Å². The first kappa shape index (κ1) is 22.9. The number of carbonyl (C=O) groups excluding carboxylic acids is 1. The summed E-state index contributed by atoms with van der Waals surface area (Å²) in [7, 11) is 1.70. The van der Waals surface area contributed by atoms with Gasteiger partial charge in [0.2, 0.25) is 5.91 Å². The molecule has 1 aliphatic rings. The van der Waals surface area contributed by atoms with Crippen molar-refractivity contribution in [1.29, 1.82) is 0 Å². The Bertz CT molecular complexity index is 1070. The number of thioether (sulfide) groups is 1. The van der Waals surface area contributed by atoms with Crippen LogP contribution in [-0.2, 0) is 11.2 Å². The lowest BCUT2D eigenvalue weighted by atomic mass is 10.1. The van der Waals surface area contributed by atoms with E-state index < -0.39 is 0 Å². The van der Waals surface area contributed by atoms with Gasteiger partial charge in [-0.25, -0.2) is 9.97 Å². The number of hydrogen-bond donors (Lipinski definition) is 1. The van der Waals surface area contributed by atoms with E-state index in [0.29, 0.717) is 0 Å². The molecular weight excluding hydrogens is 434 g/mol. The number of carbonyl (C=O) groups is 1. The van der Waals surface area contributed by atoms with Gasteiger partial charge >= 0.3 is 0 Å². The summed E-state index contributed by atoms with van der Waals surface area (Å²) < 4.78 is 5.52. The molecule has 1 aromatic heterocycles. The molecule has 0 atom stereocenters. The smallest absolute Gasteiger partial charge is 0.234 e. The second kappa shape index (κ2) is 11.0. The second-order valence-electron chi connectivity index (χ2n) is 7.72. The Kier molecular flexibility index (Phi) is 7.67. The predicted octanol–water partition coefficient (Wildman–Crippen LogP) is 4.11. The number of anilines is 3. The summed E-state index contributed by atoms with van der Waals surface area (Å²) in [4.78, 5) is 26.1. The van der Waals surface area contributed by atoms with E-state index in [1.165, 1.54) is 17.3 Å². The Hall–Kier alpha value is -3.26. The summed E-state index contributed by atoms with van der Waals surface area (Å²) in [5, 5.41) is 3.73. The minimum atomic E-state index is -0.0538. The van der Waals surface area contributed by atoms with Gasteiger partial charge in [0.15, 0.2) is 5.82 Å². The van der Waals surface area contributed by atoms with E-state index in [4.69, 9.17) is 4.74 Å². The highest BCUT2D eigenvalue weighted by atomic mass is 32.2. The average Bonchev–Trinajstić information content (AvgIpc) is 2.88. The van der Waals surface area contributed by atoms with Crippen molar-refractivity contribution < 1.29 is 9.53 Å². The molecule has 2 heterocycles. The Morgan fingerprint density at radius 3 is 2.42 bits per heavy atom. The predicted molar refractivity (Wildman–Crippen MR) is 135 cm³/mol. The van der Waals surface area contributed by atoms with Crippen molar-refractivity contribution in [2.45, 2.75) is 18.4 Å². The molecule has 4 rings (SSSR count). The van der Waals surface area contributed by atoms with Gasteiger partial charge in [0, 0.05) is 44.3 Å². The van der Waals surface area contributed by atoms with Crippen molar-refractivity contribution in [3.8, 4) is 5.75 Å². The van der Waals surface area contributed by atoms with Crippen LogP contribution in [0.3, 0.4) is 0 Å². The summed E-state index contributed by atoms with van der Waals surface area (Å²) in [5.41, 5.74) is 3.17. The van der Waals surface area contributed by atoms with Crippen LogP contribution in [0.2, 0.25) is 0 Å². The number of piperazine rings is 1. The fraction of sp³-hybridized carbons (Fsp3) is 0.320. The standard InChI is InChI=1S/C25H29N5O2S/c1-3-19-8-10-20(11-9-19)28-23(31)18-33-25-24(26-12-13-27-25)30-16-14-29(15-17-30)21-6-4-5-7-22(21)32-2/h4-13H,3,14-18H2,1-2H3,(H,28,31). The first-order valence-corrected chi connectivity index (χ1v) is 12.1. The third-order valence-electron chi connectivity index (χ3n) is 5.64. The third kappa shape index (κ3) is 5.76. The van der Waals surface area contributed by atoms with Crippen molar-refractivity contribution in [2.24, 2.45) is 0 Å². The highest BCUT2D eigenvalue weighted by Crippen LogP contribution is 2.31. The van der Waals surface area contributed by atoms with Crippen LogP contribution in [0.25, 0.3) is 0 Å². The zero-order valence-corrected chi connectivity index (χ0v) is 19.8. The van der Waals surface area contributed by atoms with Gasteiger partial charge in [0.25, 0.3) is 0 Å². The average molecular weight is 464 g/mol. The van der Waals surface area contributed by atoms with Crippen LogP contribution in [0.1, 0.15) is 12.5 Å². The molecule has 0 radical (unpaired) electrons. The Balaban J connectivity index is 1.35. The first-order valence-electron chi connectivity index (χ1n) is 11.1. The highest BCUT2D eigenvalue weighted by Gasteiger charge is 2.23. The van der Waals surface area contributed by atoms with Gasteiger partial charge in [0.1, 0.15) is 10.8 Å². The van der Waals surface area contributed by atoms with Crippen molar-refractivity contribution in [3.63, 3.8) is 0 Å². The molecule has 1 N–H and O–H groups in total. The van der Waals surface area contributed by atoms with E-state index in [1.54, 1.807) is 19.5 Å². The normalized spacial score (nSPS) is 13.6. The number of rotatable bonds is 8. The maximum atomic E-state index is 12.5. The van der Waals surface area contributed by atoms with Crippen LogP contribution in [0.4, 0.5) is 17.2 Å². The van der Waals surface area contributed by atoms with Gasteiger partial charge < -0.3 is 19.9 Å². The molecule has 33 heavy (non-hydrogen) atoms. The van der Waals surface area contributed by atoms with E-state index in [9.17, 15) is 4.79 Å². The van der Waals surface area contributed by atoms with Crippen LogP contribution < -0.4 is 19.9 Å². The van der Waals surface area contributed by atoms with Crippen LogP contribution in [0.15, 0.2) is 66.0 Å². The lowest BCUT2D eigenvalue weighted by Crippen LogP contribution is -2.47. The van der Waals surface area contributed by atoms with Crippen LogP contribution in [0, 0.1) is 0 Å². The largest absolute Gasteiger partial charge is 0.495 e. The molecule has 7 nitrogen and oxygen atoms in total. The number of nitrogens with one attached hydrogen (secondary N) is 1. The molecule has 0 spiro atoms. The topological polar surface area (TPSA) is 70.6 Å². The quantitative estimate of drug-likeness (QED) is 0.504. The van der Waals surface area contributed by atoms with Crippen molar-refractivity contribution in [3.05, 3.63) is 66.5 Å². The molecule has 0 aliphatic carbocycles. The maximum Gasteiger partial charge on any atom is 0.234 e. The molecular formula is C25H29N5O2S. The number of aromatic nitrogens is 2. The highest BCUT2D eigenvalue weighted by molar-refractivity contribution is 8.00. The monoisotopic (exact) mass is 463 g/mol. The fourth-order valence-corrected chi connectivity index (χ4v) is 4.63. The van der Waals surface area contributed by atoms with E-state index in [0.717, 1.165) is 60.6 Å². The summed E-state index contributed by atoms with van der Waals surface area (Å²) in [6.45, 7) is 5.46. The van der Waals surface area contributed by atoms with E-state index >= 15 is 0 Å². The fourth-order valence-electron chi connectivity index (χ4n) is 3.84. The molecule has 0 unspecified atom stereocenters. The van der Waals surface area contributed by atoms with Gasteiger partial charge in [0.05, 0.1) is 18.6 Å². The SMILES string of the molecule is CCc1ccc(NC(=O)CSc2nccnc2N2CCN(c3ccccc3OC)CC2)cc1. The zero-order chi connectivity index (χ0) is 23.0. The molecule has 1 aliphatic heterocycles. The third-order valence-corrected chi connectivity index (χ3v) is 6.61. The van der Waals surface area contributed by atoms with Gasteiger partial charge in [-0.1, -0.05) is 43.0 Å². The lowest BCUT2D eigenvalue weighted by molar-refractivity contribution is -0.113. The van der Waals surface area contributed by atoms with Gasteiger partial charge in [-0.05, 0) is 36.2 Å². The molecule has 0 saturated carbocycles. The Morgan fingerprint density at radius 2 is 1.70 bits per heavy atom. The molecule has 1 saturated heterocycles. The summed E-state index contributed by atoms with van der Waals surface area (Å²) in [5.74, 6) is 1.95. The maximum absolute atomic E-state index is 12.5. The van der Waals surface area contributed by atoms with Crippen LogP contribution in [0.5, 0.6) is 5.75 Å². The molecule has 2 aromatic carbocycles. The van der Waals surface area contributed by atoms with E-state index in [-0.39, 0.29) is 11.7 Å². The lowest BCUT2D eigenvalue weighted by Gasteiger charge is -2.37. The number of benzene rings is 2. The van der Waals surface area contributed by atoms with Crippen molar-refractivity contribution >= 4 is 34.9 Å². The molecule has 172 valence electrons. The van der Waals surface area contributed by atoms with Crippen LogP contribution >= 0.6 is 11.8 Å². The summed E-state index contributed by atoms with van der Waals surface area (Å²) in [6.07, 6.45) is 4.37. The number of methoxy groups -OCH3 is 1. The number of aryl methyl sites for hydroxylation is 1. The minimum absolute atomic E-state index is 0.0538. The van der Waals surface area contributed by atoms with Crippen LogP contribution in [-0.4, -0.2) is 54.9 Å². The van der Waals surface area contributed by atoms with E-state index in [2.05, 4.69) is 38.1 Å². The number of para-hydroxylation sites is 2. The summed E-state index contributed by atoms with van der Waals surface area (Å²) in [6, 6.07) is 16.0. The molecule has 1 fully saturated rings.